The molecular weight excluding hydrogens is 136 g/mol. The molecular formula is C9H18N2. The maximum absolute atomic E-state index is 3.64. The van der Waals surface area contributed by atoms with E-state index in [0.29, 0.717) is 0 Å². The highest BCUT2D eigenvalue weighted by molar-refractivity contribution is 5.07. The van der Waals surface area contributed by atoms with Crippen molar-refractivity contribution in [3.8, 4) is 0 Å². The molecule has 0 saturated carbocycles. The predicted octanol–water partition coefficient (Wildman–Crippen LogP) is 1.28. The first-order valence-electron chi connectivity index (χ1n) is 4.05. The molecule has 0 radical (unpaired) electrons. The van der Waals surface area contributed by atoms with E-state index in [4.69, 9.17) is 0 Å². The first-order valence-corrected chi connectivity index (χ1v) is 4.05. The lowest BCUT2D eigenvalue weighted by atomic mass is 10.3. The minimum Gasteiger partial charge on any atom is -0.387 e. The molecule has 2 nitrogen and oxygen atoms in total. The fourth-order valence-corrected chi connectivity index (χ4v) is 0.792. The van der Waals surface area contributed by atoms with E-state index < -0.39 is 0 Å². The van der Waals surface area contributed by atoms with Gasteiger partial charge in [0.05, 0.1) is 0 Å². The molecule has 0 rings (SSSR count). The molecule has 0 aromatic rings. The second kappa shape index (κ2) is 7.35. The first-order chi connectivity index (χ1) is 5.35. The molecule has 0 aromatic heterocycles. The zero-order chi connectivity index (χ0) is 8.53. The van der Waals surface area contributed by atoms with Crippen molar-refractivity contribution in [2.24, 2.45) is 0 Å². The minimum atomic E-state index is 0.976. The fraction of sp³-hybridized carbons (Fsp3) is 0.556. The zero-order valence-corrected chi connectivity index (χ0v) is 7.48. The van der Waals surface area contributed by atoms with Crippen molar-refractivity contribution in [1.29, 1.82) is 0 Å². The molecule has 0 spiro atoms. The summed E-state index contributed by atoms with van der Waals surface area (Å²) >= 11 is 0. The van der Waals surface area contributed by atoms with E-state index in [-0.39, 0.29) is 0 Å². The standard InChI is InChI=1S/C9H18N2/c1-4-6-9(5-2)11-8-7-10-3/h4,6,10-11H,1,5,7-8H2,2-3H3/b9-6+. The summed E-state index contributed by atoms with van der Waals surface area (Å²) in [5, 5.41) is 6.37. The average Bonchev–Trinajstić information content (AvgIpc) is 2.03. The molecule has 0 amide bonds. The molecule has 64 valence electrons. The van der Waals surface area contributed by atoms with E-state index in [9.17, 15) is 0 Å². The smallest absolute Gasteiger partial charge is 0.0269 e. The molecule has 11 heavy (non-hydrogen) atoms. The number of rotatable bonds is 6. The second-order valence-corrected chi connectivity index (χ2v) is 2.31. The van der Waals surface area contributed by atoms with Crippen molar-refractivity contribution in [2.45, 2.75) is 13.3 Å². The summed E-state index contributed by atoms with van der Waals surface area (Å²) in [6, 6.07) is 0. The third kappa shape index (κ3) is 5.67. The fourth-order valence-electron chi connectivity index (χ4n) is 0.792. The lowest BCUT2D eigenvalue weighted by Crippen LogP contribution is -2.24. The molecule has 0 unspecified atom stereocenters. The van der Waals surface area contributed by atoms with E-state index in [1.54, 1.807) is 0 Å². The third-order valence-corrected chi connectivity index (χ3v) is 1.43. The summed E-state index contributed by atoms with van der Waals surface area (Å²) in [7, 11) is 1.95. The van der Waals surface area contributed by atoms with Crippen molar-refractivity contribution >= 4 is 0 Å². The SMILES string of the molecule is C=C/C=C(\CC)NCCNC. The molecule has 0 saturated heterocycles. The molecule has 0 atom stereocenters. The first kappa shape index (κ1) is 10.2. The van der Waals surface area contributed by atoms with Crippen LogP contribution in [0.2, 0.25) is 0 Å². The summed E-state index contributed by atoms with van der Waals surface area (Å²) in [5.41, 5.74) is 1.25. The van der Waals surface area contributed by atoms with Crippen molar-refractivity contribution in [1.82, 2.24) is 10.6 Å². The molecule has 0 aliphatic carbocycles. The molecule has 0 bridgehead atoms. The molecule has 2 N–H and O–H groups in total. The van der Waals surface area contributed by atoms with Gasteiger partial charge in [0.1, 0.15) is 0 Å². The van der Waals surface area contributed by atoms with Crippen molar-refractivity contribution in [3.63, 3.8) is 0 Å². The largest absolute Gasteiger partial charge is 0.387 e. The van der Waals surface area contributed by atoms with Gasteiger partial charge in [0.15, 0.2) is 0 Å². The monoisotopic (exact) mass is 154 g/mol. The number of hydrogen-bond donors (Lipinski definition) is 2. The molecule has 0 aromatic carbocycles. The van der Waals surface area contributed by atoms with Crippen LogP contribution >= 0.6 is 0 Å². The average molecular weight is 154 g/mol. The number of nitrogens with one attached hydrogen (secondary N) is 2. The summed E-state index contributed by atoms with van der Waals surface area (Å²) in [5.74, 6) is 0. The lowest BCUT2D eigenvalue weighted by Gasteiger charge is -2.07. The van der Waals surface area contributed by atoms with Crippen LogP contribution in [-0.4, -0.2) is 20.1 Å². The van der Waals surface area contributed by atoms with Crippen LogP contribution in [0, 0.1) is 0 Å². The quantitative estimate of drug-likeness (QED) is 0.445. The maximum atomic E-state index is 3.64. The van der Waals surface area contributed by atoms with E-state index in [0.717, 1.165) is 19.5 Å². The van der Waals surface area contributed by atoms with E-state index in [1.165, 1.54) is 5.70 Å². The van der Waals surface area contributed by atoms with Crippen LogP contribution in [0.5, 0.6) is 0 Å². The molecule has 0 fully saturated rings. The Labute approximate surface area is 69.4 Å². The zero-order valence-electron chi connectivity index (χ0n) is 7.48. The van der Waals surface area contributed by atoms with Gasteiger partial charge < -0.3 is 10.6 Å². The van der Waals surface area contributed by atoms with E-state index in [1.807, 2.05) is 19.2 Å². The molecule has 2 heteroatoms. The third-order valence-electron chi connectivity index (χ3n) is 1.43. The van der Waals surface area contributed by atoms with Gasteiger partial charge in [-0.25, -0.2) is 0 Å². The van der Waals surface area contributed by atoms with Crippen LogP contribution in [0.15, 0.2) is 24.4 Å². The van der Waals surface area contributed by atoms with Crippen LogP contribution in [0.1, 0.15) is 13.3 Å². The minimum absolute atomic E-state index is 0.976. The Balaban J connectivity index is 3.52. The molecule has 0 aliphatic rings. The number of likely N-dealkylation sites (N-methyl/N-ethyl adjacent to an activating group) is 1. The maximum Gasteiger partial charge on any atom is 0.0269 e. The Hall–Kier alpha value is -0.760. The Morgan fingerprint density at radius 3 is 2.64 bits per heavy atom. The topological polar surface area (TPSA) is 24.1 Å². The summed E-state index contributed by atoms with van der Waals surface area (Å²) < 4.78 is 0. The van der Waals surface area contributed by atoms with Crippen molar-refractivity contribution in [3.05, 3.63) is 24.4 Å². The van der Waals surface area contributed by atoms with Crippen LogP contribution in [0.25, 0.3) is 0 Å². The van der Waals surface area contributed by atoms with Crippen molar-refractivity contribution in [2.75, 3.05) is 20.1 Å². The van der Waals surface area contributed by atoms with Crippen molar-refractivity contribution < 1.29 is 0 Å². The highest BCUT2D eigenvalue weighted by atomic mass is 14.9. The van der Waals surface area contributed by atoms with Gasteiger partial charge in [-0.1, -0.05) is 19.6 Å². The van der Waals surface area contributed by atoms with E-state index in [2.05, 4.69) is 24.1 Å². The lowest BCUT2D eigenvalue weighted by molar-refractivity contribution is 0.701. The Bertz CT molecular complexity index is 128. The highest BCUT2D eigenvalue weighted by Crippen LogP contribution is 1.93. The van der Waals surface area contributed by atoms with Crippen LogP contribution in [0.4, 0.5) is 0 Å². The molecule has 0 aliphatic heterocycles. The van der Waals surface area contributed by atoms with Gasteiger partial charge in [0.2, 0.25) is 0 Å². The number of allylic oxidation sites excluding steroid dienone is 3. The predicted molar refractivity (Wildman–Crippen MR) is 50.5 cm³/mol. The molecule has 0 heterocycles. The summed E-state index contributed by atoms with van der Waals surface area (Å²) in [6.45, 7) is 7.74. The van der Waals surface area contributed by atoms with Gasteiger partial charge in [-0.3, -0.25) is 0 Å². The number of hydrogen-bond acceptors (Lipinski definition) is 2. The van der Waals surface area contributed by atoms with Gasteiger partial charge in [-0.05, 0) is 19.5 Å². The van der Waals surface area contributed by atoms with Crippen LogP contribution < -0.4 is 10.6 Å². The highest BCUT2D eigenvalue weighted by Gasteiger charge is 1.88. The van der Waals surface area contributed by atoms with E-state index >= 15 is 0 Å². The van der Waals surface area contributed by atoms with Gasteiger partial charge in [-0.15, -0.1) is 0 Å². The summed E-state index contributed by atoms with van der Waals surface area (Å²) in [6.07, 6.45) is 4.86. The van der Waals surface area contributed by atoms with Gasteiger partial charge in [0.25, 0.3) is 0 Å². The van der Waals surface area contributed by atoms with Crippen LogP contribution in [-0.2, 0) is 0 Å². The summed E-state index contributed by atoms with van der Waals surface area (Å²) in [4.78, 5) is 0. The Morgan fingerprint density at radius 1 is 1.45 bits per heavy atom. The Morgan fingerprint density at radius 2 is 2.18 bits per heavy atom. The normalized spacial score (nSPS) is 11.3. The van der Waals surface area contributed by atoms with Gasteiger partial charge in [0, 0.05) is 18.8 Å². The van der Waals surface area contributed by atoms with Gasteiger partial charge in [-0.2, -0.15) is 0 Å². The Kier molecular flexibility index (Phi) is 6.84. The van der Waals surface area contributed by atoms with Crippen LogP contribution in [0.3, 0.4) is 0 Å². The second-order valence-electron chi connectivity index (χ2n) is 2.31. The van der Waals surface area contributed by atoms with Gasteiger partial charge >= 0.3 is 0 Å².